The molecular weight excluding hydrogens is 563 g/mol. The number of benzene rings is 2. The summed E-state index contributed by atoms with van der Waals surface area (Å²) >= 11 is 5.32. The fourth-order valence-corrected chi connectivity index (χ4v) is 6.88. The minimum atomic E-state index is -4.86. The van der Waals surface area contributed by atoms with E-state index in [1.54, 1.807) is 41.3 Å². The maximum atomic E-state index is 13.6. The average molecular weight is 594 g/mol. The Morgan fingerprint density at radius 2 is 1.75 bits per heavy atom. The third-order valence-corrected chi connectivity index (χ3v) is 9.64. The first-order chi connectivity index (χ1) is 18.7. The van der Waals surface area contributed by atoms with Crippen LogP contribution in [-0.2, 0) is 20.4 Å². The smallest absolute Gasteiger partial charge is 0.376 e. The van der Waals surface area contributed by atoms with E-state index in [1.807, 2.05) is 11.0 Å². The molecule has 1 saturated heterocycles. The lowest BCUT2D eigenvalue weighted by atomic mass is 9.95. The molecule has 2 aromatic carbocycles. The van der Waals surface area contributed by atoms with Crippen LogP contribution in [0.2, 0.25) is 0 Å². The van der Waals surface area contributed by atoms with Gasteiger partial charge in [0.2, 0.25) is 15.9 Å². The highest BCUT2D eigenvalue weighted by molar-refractivity contribution is 7.96. The Hall–Kier alpha value is -3.06. The minimum absolute atomic E-state index is 0.0185. The molecule has 2 atom stereocenters. The second-order valence-corrected chi connectivity index (χ2v) is 12.3. The van der Waals surface area contributed by atoms with Crippen LogP contribution in [0.25, 0.3) is 0 Å². The van der Waals surface area contributed by atoms with E-state index in [2.05, 4.69) is 0 Å². The predicted octanol–water partition coefficient (Wildman–Crippen LogP) is 4.54. The van der Waals surface area contributed by atoms with Gasteiger partial charge in [0.1, 0.15) is 0 Å². The Balaban J connectivity index is 1.69. The van der Waals surface area contributed by atoms with Crippen LogP contribution in [0.3, 0.4) is 0 Å². The van der Waals surface area contributed by atoms with E-state index in [9.17, 15) is 31.5 Å². The van der Waals surface area contributed by atoms with Gasteiger partial charge in [0.25, 0.3) is 0 Å². The molecule has 1 N–H and O–H groups in total. The van der Waals surface area contributed by atoms with Crippen LogP contribution >= 0.6 is 12.2 Å². The fourth-order valence-electron chi connectivity index (χ4n) is 4.81. The Kier molecular flexibility index (Phi) is 8.55. The van der Waals surface area contributed by atoms with E-state index >= 15 is 0 Å². The van der Waals surface area contributed by atoms with Crippen LogP contribution in [0.5, 0.6) is 0 Å². The van der Waals surface area contributed by atoms with Gasteiger partial charge >= 0.3 is 6.18 Å². The molecular formula is C28H30F3N3O4S2. The summed E-state index contributed by atoms with van der Waals surface area (Å²) in [5, 5.41) is 10.1. The van der Waals surface area contributed by atoms with Gasteiger partial charge in [-0.25, -0.2) is 8.42 Å². The van der Waals surface area contributed by atoms with Gasteiger partial charge in [-0.05, 0) is 42.8 Å². The number of halogens is 3. The van der Waals surface area contributed by atoms with E-state index in [1.165, 1.54) is 41.6 Å². The Morgan fingerprint density at radius 3 is 2.33 bits per heavy atom. The first-order valence-corrected chi connectivity index (χ1v) is 14.5. The number of nitrogens with zero attached hydrogens (tertiary/aromatic N) is 3. The molecule has 214 valence electrons. The molecule has 4 rings (SSSR count). The van der Waals surface area contributed by atoms with Gasteiger partial charge in [-0.1, -0.05) is 54.7 Å². The number of carbonyl (C=O) groups excluding carboxylic acids is 1. The summed E-state index contributed by atoms with van der Waals surface area (Å²) in [4.78, 5) is 16.5. The van der Waals surface area contributed by atoms with Crippen molar-refractivity contribution in [1.29, 1.82) is 0 Å². The monoisotopic (exact) mass is 593 g/mol. The minimum Gasteiger partial charge on any atom is -0.376 e. The largest absolute Gasteiger partial charge is 0.421 e. The number of para-hydroxylation sites is 1. The van der Waals surface area contributed by atoms with E-state index in [0.29, 0.717) is 29.6 Å². The summed E-state index contributed by atoms with van der Waals surface area (Å²) in [7, 11) is -3.92. The summed E-state index contributed by atoms with van der Waals surface area (Å²) in [6.07, 6.45) is 0.412. The summed E-state index contributed by atoms with van der Waals surface area (Å²) in [5.41, 5.74) is -2.18. The van der Waals surface area contributed by atoms with Gasteiger partial charge in [-0.3, -0.25) is 4.79 Å². The molecule has 0 radical (unpaired) electrons. The van der Waals surface area contributed by atoms with Crippen LogP contribution < -0.4 is 9.80 Å². The second-order valence-electron chi connectivity index (χ2n) is 9.88. The third kappa shape index (κ3) is 5.99. The Bertz CT molecular complexity index is 1420. The lowest BCUT2D eigenvalue weighted by molar-refractivity contribution is -0.258. The summed E-state index contributed by atoms with van der Waals surface area (Å²) in [5.74, 6) is -0.246. The number of piperazine rings is 1. The zero-order valence-corrected chi connectivity index (χ0v) is 23.6. The third-order valence-electron chi connectivity index (χ3n) is 7.18. The molecule has 0 saturated carbocycles. The molecule has 40 heavy (non-hydrogen) atoms. The number of hydrogen-bond acceptors (Lipinski definition) is 6. The van der Waals surface area contributed by atoms with E-state index in [-0.39, 0.29) is 42.6 Å². The highest BCUT2D eigenvalue weighted by Crippen LogP contribution is 2.39. The number of amides is 1. The predicted molar refractivity (Wildman–Crippen MR) is 153 cm³/mol. The van der Waals surface area contributed by atoms with Crippen LogP contribution in [0.1, 0.15) is 25.8 Å². The van der Waals surface area contributed by atoms with E-state index in [0.717, 1.165) is 0 Å². The molecule has 2 aromatic rings. The van der Waals surface area contributed by atoms with Gasteiger partial charge in [-0.2, -0.15) is 17.5 Å². The molecule has 1 amide bonds. The number of aliphatic hydroxyl groups is 1. The number of allylic oxidation sites excluding steroid dienone is 4. The van der Waals surface area contributed by atoms with Crippen LogP contribution in [-0.4, -0.2) is 67.0 Å². The highest BCUT2D eigenvalue weighted by Gasteiger charge is 2.51. The fraction of sp³-hybridized carbons (Fsp3) is 0.357. The molecule has 0 spiro atoms. The number of alkyl halides is 3. The maximum absolute atomic E-state index is 13.6. The van der Waals surface area contributed by atoms with Crippen LogP contribution in [0.4, 0.5) is 24.5 Å². The molecule has 1 unspecified atom stereocenters. The molecule has 12 heteroatoms. The number of sulfonamides is 1. The van der Waals surface area contributed by atoms with Gasteiger partial charge in [0.15, 0.2) is 5.60 Å². The van der Waals surface area contributed by atoms with Gasteiger partial charge in [0, 0.05) is 55.8 Å². The molecule has 1 heterocycles. The van der Waals surface area contributed by atoms with Crippen molar-refractivity contribution in [2.24, 2.45) is 0 Å². The van der Waals surface area contributed by atoms with Crippen molar-refractivity contribution >= 4 is 44.4 Å². The zero-order chi connectivity index (χ0) is 29.3. The summed E-state index contributed by atoms with van der Waals surface area (Å²) in [6, 6.07) is 13.7. The van der Waals surface area contributed by atoms with Gasteiger partial charge in [-0.15, -0.1) is 0 Å². The molecule has 0 aromatic heterocycles. The van der Waals surface area contributed by atoms with Crippen LogP contribution in [0, 0.1) is 0 Å². The van der Waals surface area contributed by atoms with Crippen molar-refractivity contribution in [1.82, 2.24) is 4.31 Å². The van der Waals surface area contributed by atoms with Crippen molar-refractivity contribution in [2.45, 2.75) is 38.1 Å². The Labute approximate surface area is 237 Å². The highest BCUT2D eigenvalue weighted by atomic mass is 32.2. The van der Waals surface area contributed by atoms with E-state index < -0.39 is 27.8 Å². The number of rotatable bonds is 7. The topological polar surface area (TPSA) is 81.2 Å². The van der Waals surface area contributed by atoms with Crippen molar-refractivity contribution in [3.8, 4) is 0 Å². The average Bonchev–Trinajstić information content (AvgIpc) is 2.91. The molecule has 1 aliphatic carbocycles. The van der Waals surface area contributed by atoms with Crippen molar-refractivity contribution < 1.29 is 31.5 Å². The number of hydrogen-bond donors (Lipinski definition) is 1. The quantitative estimate of drug-likeness (QED) is 0.475. The van der Waals surface area contributed by atoms with Crippen LogP contribution in [0.15, 0.2) is 77.7 Å². The Morgan fingerprint density at radius 1 is 1.10 bits per heavy atom. The summed E-state index contributed by atoms with van der Waals surface area (Å²) < 4.78 is 68.6. The normalized spacial score (nSPS) is 20.1. The lowest BCUT2D eigenvalue weighted by Crippen LogP contribution is -2.59. The van der Waals surface area contributed by atoms with Gasteiger partial charge in [0.05, 0.1) is 10.9 Å². The summed E-state index contributed by atoms with van der Waals surface area (Å²) in [6.45, 7) is 2.57. The molecule has 2 aliphatic rings. The number of thiocarbonyl (C=S) groups is 1. The molecule has 7 nitrogen and oxygen atoms in total. The molecule has 1 aliphatic heterocycles. The SMILES string of the molecule is CC(=O)N(C[C@H]1CN(S(=O)(=O)C2=CC=CCC2=S)CCN1c1ccc(C(C)(O)C(F)(F)F)cc1)c1ccccc1. The molecule has 0 bridgehead atoms. The van der Waals surface area contributed by atoms with Gasteiger partial charge < -0.3 is 14.9 Å². The molecule has 1 fully saturated rings. The van der Waals surface area contributed by atoms with E-state index in [4.69, 9.17) is 12.2 Å². The first kappa shape index (κ1) is 29.9. The second kappa shape index (κ2) is 11.4. The lowest BCUT2D eigenvalue weighted by Gasteiger charge is -2.44. The zero-order valence-electron chi connectivity index (χ0n) is 22.0. The maximum Gasteiger partial charge on any atom is 0.421 e. The first-order valence-electron chi connectivity index (χ1n) is 12.6. The van der Waals surface area contributed by atoms with Crippen molar-refractivity contribution in [3.63, 3.8) is 0 Å². The number of anilines is 2. The number of carbonyl (C=O) groups is 1. The van der Waals surface area contributed by atoms with Crippen molar-refractivity contribution in [3.05, 3.63) is 83.3 Å². The van der Waals surface area contributed by atoms with Crippen molar-refractivity contribution in [2.75, 3.05) is 36.0 Å². The standard InChI is InChI=1S/C28H30F3N3O4S2/c1-20(35)34(22-8-4-3-5-9-22)19-24-18-32(40(37,38)26-11-7-6-10-25(26)39)16-17-33(24)23-14-12-21(13-15-23)27(2,36)28(29,30)31/h3-9,11-15,24,36H,10,16-19H2,1-2H3/t24-,27?/m1/s1.